The Hall–Kier alpha value is -2.35. The molecule has 2 aromatic rings. The van der Waals surface area contributed by atoms with Gasteiger partial charge in [0.05, 0.1) is 5.69 Å². The van der Waals surface area contributed by atoms with Gasteiger partial charge < -0.3 is 10.3 Å². The molecule has 0 unspecified atom stereocenters. The third kappa shape index (κ3) is 2.91. The van der Waals surface area contributed by atoms with E-state index in [9.17, 15) is 13.2 Å². The van der Waals surface area contributed by atoms with Crippen LogP contribution >= 0.6 is 0 Å². The first-order valence-corrected chi connectivity index (χ1v) is 6.78. The van der Waals surface area contributed by atoms with E-state index >= 15 is 0 Å². The maximum Gasteiger partial charge on any atom is 0.263 e. The monoisotopic (exact) mass is 280 g/mol. The summed E-state index contributed by atoms with van der Waals surface area (Å²) in [5.74, 6) is 0.237. The molecule has 0 radical (unpaired) electrons. The Morgan fingerprint density at radius 2 is 2.00 bits per heavy atom. The minimum absolute atomic E-state index is 0.00412. The lowest BCUT2D eigenvalue weighted by molar-refractivity contribution is 0.601. The van der Waals surface area contributed by atoms with Gasteiger partial charge in [-0.25, -0.2) is 13.4 Å². The molecule has 100 valence electrons. The summed E-state index contributed by atoms with van der Waals surface area (Å²) in [4.78, 5) is 14.9. The van der Waals surface area contributed by atoms with Crippen molar-refractivity contribution >= 4 is 21.5 Å². The van der Waals surface area contributed by atoms with Gasteiger partial charge in [-0.05, 0) is 18.2 Å². The molecule has 7 nitrogen and oxygen atoms in total. The van der Waals surface area contributed by atoms with Crippen molar-refractivity contribution in [1.29, 1.82) is 0 Å². The fourth-order valence-corrected chi connectivity index (χ4v) is 2.41. The van der Waals surface area contributed by atoms with E-state index in [4.69, 9.17) is 5.73 Å². The average Bonchev–Trinajstić information content (AvgIpc) is 2.34. The third-order valence-corrected chi connectivity index (χ3v) is 3.77. The van der Waals surface area contributed by atoms with Crippen LogP contribution in [0.25, 0.3) is 0 Å². The molecule has 8 heteroatoms. The molecule has 0 aliphatic rings. The van der Waals surface area contributed by atoms with E-state index in [0.717, 1.165) is 0 Å². The van der Waals surface area contributed by atoms with Crippen molar-refractivity contribution in [2.45, 2.75) is 4.90 Å². The minimum atomic E-state index is -3.74. The predicted octanol–water partition coefficient (Wildman–Crippen LogP) is 0.163. The summed E-state index contributed by atoms with van der Waals surface area (Å²) >= 11 is 0. The smallest absolute Gasteiger partial charge is 0.263 e. The van der Waals surface area contributed by atoms with Crippen molar-refractivity contribution < 1.29 is 8.42 Å². The summed E-state index contributed by atoms with van der Waals surface area (Å²) in [5, 5.41) is 0. The van der Waals surface area contributed by atoms with Crippen LogP contribution in [-0.2, 0) is 17.1 Å². The molecule has 0 aliphatic heterocycles. The molecule has 0 aliphatic carbocycles. The lowest BCUT2D eigenvalue weighted by Gasteiger charge is -2.08. The molecule has 0 fully saturated rings. The molecule has 2 rings (SSSR count). The van der Waals surface area contributed by atoms with Gasteiger partial charge >= 0.3 is 0 Å². The van der Waals surface area contributed by atoms with Gasteiger partial charge in [-0.3, -0.25) is 9.52 Å². The zero-order valence-electron chi connectivity index (χ0n) is 10.1. The molecule has 2 heterocycles. The summed E-state index contributed by atoms with van der Waals surface area (Å²) in [7, 11) is -2.21. The molecular formula is C11H12N4O3S. The lowest BCUT2D eigenvalue weighted by Crippen LogP contribution is -2.18. The van der Waals surface area contributed by atoms with Crippen LogP contribution < -0.4 is 16.0 Å². The number of hydrogen-bond donors (Lipinski definition) is 2. The highest BCUT2D eigenvalue weighted by Gasteiger charge is 2.14. The average molecular weight is 280 g/mol. The molecule has 0 aromatic carbocycles. The third-order valence-electron chi connectivity index (χ3n) is 2.41. The predicted molar refractivity (Wildman–Crippen MR) is 71.1 cm³/mol. The molecule has 3 N–H and O–H groups in total. The summed E-state index contributed by atoms with van der Waals surface area (Å²) in [6.45, 7) is 0. The van der Waals surface area contributed by atoms with E-state index < -0.39 is 10.0 Å². The summed E-state index contributed by atoms with van der Waals surface area (Å²) in [6, 6.07) is 5.42. The van der Waals surface area contributed by atoms with E-state index in [0.29, 0.717) is 5.69 Å². The topological polar surface area (TPSA) is 107 Å². The molecule has 0 saturated carbocycles. The summed E-state index contributed by atoms with van der Waals surface area (Å²) in [5.41, 5.74) is 5.46. The first kappa shape index (κ1) is 13.1. The number of nitrogens with one attached hydrogen (secondary N) is 1. The van der Waals surface area contributed by atoms with Crippen LogP contribution in [0.1, 0.15) is 0 Å². The highest BCUT2D eigenvalue weighted by molar-refractivity contribution is 7.92. The van der Waals surface area contributed by atoms with E-state index in [1.807, 2.05) is 0 Å². The Morgan fingerprint density at radius 3 is 2.58 bits per heavy atom. The highest BCUT2D eigenvalue weighted by atomic mass is 32.2. The van der Waals surface area contributed by atoms with Crippen LogP contribution in [0.2, 0.25) is 0 Å². The van der Waals surface area contributed by atoms with Gasteiger partial charge in [-0.2, -0.15) is 0 Å². The number of nitrogens with two attached hydrogens (primary N) is 1. The zero-order valence-corrected chi connectivity index (χ0v) is 10.9. The van der Waals surface area contributed by atoms with E-state index in [1.165, 1.54) is 48.3 Å². The van der Waals surface area contributed by atoms with Crippen LogP contribution in [0.3, 0.4) is 0 Å². The highest BCUT2D eigenvalue weighted by Crippen LogP contribution is 2.14. The molecule has 0 amide bonds. The number of hydrogen-bond acceptors (Lipinski definition) is 5. The molecule has 2 aromatic heterocycles. The SMILES string of the molecule is Cn1cc(NS(=O)(=O)c2ccc(N)nc2)ccc1=O. The van der Waals surface area contributed by atoms with E-state index in [2.05, 4.69) is 9.71 Å². The van der Waals surface area contributed by atoms with Crippen molar-refractivity contribution in [3.05, 3.63) is 47.0 Å². The normalized spacial score (nSPS) is 11.2. The van der Waals surface area contributed by atoms with Crippen LogP contribution in [0.4, 0.5) is 11.5 Å². The van der Waals surface area contributed by atoms with Gasteiger partial charge in [0.25, 0.3) is 10.0 Å². The fourth-order valence-electron chi connectivity index (χ4n) is 1.42. The number of pyridine rings is 2. The zero-order chi connectivity index (χ0) is 14.0. The van der Waals surface area contributed by atoms with Gasteiger partial charge in [-0.1, -0.05) is 0 Å². The standard InChI is InChI=1S/C11H12N4O3S/c1-15-7-8(2-5-11(15)16)14-19(17,18)9-3-4-10(12)13-6-9/h2-7,14H,1H3,(H2,12,13). The molecule has 19 heavy (non-hydrogen) atoms. The Labute approximate surface area is 109 Å². The first-order valence-electron chi connectivity index (χ1n) is 5.29. The summed E-state index contributed by atoms with van der Waals surface area (Å²) in [6.07, 6.45) is 2.56. The number of aromatic nitrogens is 2. The van der Waals surface area contributed by atoms with Crippen molar-refractivity contribution in [3.8, 4) is 0 Å². The fraction of sp³-hybridized carbons (Fsp3) is 0.0909. The number of sulfonamides is 1. The maximum atomic E-state index is 12.0. The molecule has 0 atom stereocenters. The van der Waals surface area contributed by atoms with Crippen LogP contribution in [-0.4, -0.2) is 18.0 Å². The van der Waals surface area contributed by atoms with Crippen LogP contribution in [0.5, 0.6) is 0 Å². The summed E-state index contributed by atoms with van der Waals surface area (Å²) < 4.78 is 27.7. The quantitative estimate of drug-likeness (QED) is 0.833. The Bertz CT molecular complexity index is 750. The Kier molecular flexibility index (Phi) is 3.26. The molecular weight excluding hydrogens is 268 g/mol. The van der Waals surface area contributed by atoms with Crippen molar-refractivity contribution in [3.63, 3.8) is 0 Å². The first-order chi connectivity index (χ1) is 8.88. The second kappa shape index (κ2) is 4.73. The minimum Gasteiger partial charge on any atom is -0.384 e. The van der Waals surface area contributed by atoms with E-state index in [1.54, 1.807) is 0 Å². The Balaban J connectivity index is 2.33. The van der Waals surface area contributed by atoms with Gasteiger partial charge in [-0.15, -0.1) is 0 Å². The maximum absolute atomic E-state index is 12.0. The van der Waals surface area contributed by atoms with Crippen molar-refractivity contribution in [2.24, 2.45) is 7.05 Å². The van der Waals surface area contributed by atoms with Crippen molar-refractivity contribution in [2.75, 3.05) is 10.5 Å². The largest absolute Gasteiger partial charge is 0.384 e. The van der Waals surface area contributed by atoms with Crippen LogP contribution in [0.15, 0.2) is 46.3 Å². The van der Waals surface area contributed by atoms with Gasteiger partial charge in [0.1, 0.15) is 10.7 Å². The molecule has 0 bridgehead atoms. The van der Waals surface area contributed by atoms with Gasteiger partial charge in [0.15, 0.2) is 0 Å². The van der Waals surface area contributed by atoms with Gasteiger partial charge in [0, 0.05) is 25.5 Å². The van der Waals surface area contributed by atoms with Gasteiger partial charge in [0.2, 0.25) is 5.56 Å². The molecule has 0 saturated heterocycles. The second-order valence-electron chi connectivity index (χ2n) is 3.89. The van der Waals surface area contributed by atoms with Crippen molar-refractivity contribution in [1.82, 2.24) is 9.55 Å². The number of nitrogen functional groups attached to an aromatic ring is 1. The number of aryl methyl sites for hydroxylation is 1. The second-order valence-corrected chi connectivity index (χ2v) is 5.57. The molecule has 0 spiro atoms. The van der Waals surface area contributed by atoms with Crippen LogP contribution in [0, 0.1) is 0 Å². The number of rotatable bonds is 3. The lowest BCUT2D eigenvalue weighted by atomic mass is 10.4. The number of nitrogens with zero attached hydrogens (tertiary/aromatic N) is 2. The number of anilines is 2. The Morgan fingerprint density at radius 1 is 1.26 bits per heavy atom. The van der Waals surface area contributed by atoms with E-state index in [-0.39, 0.29) is 16.3 Å².